The third-order valence-electron chi connectivity index (χ3n) is 7.62. The zero-order valence-corrected chi connectivity index (χ0v) is 24.1. The van der Waals surface area contributed by atoms with E-state index in [1.165, 1.54) is 0 Å². The zero-order chi connectivity index (χ0) is 28.8. The van der Waals surface area contributed by atoms with Gasteiger partial charge in [-0.3, -0.25) is 15.1 Å². The molecule has 0 spiro atoms. The average Bonchev–Trinajstić information content (AvgIpc) is 2.91. The Bertz CT molecular complexity index is 1570. The minimum Gasteiger partial charge on any atom is -0.507 e. The molecule has 7 heteroatoms. The summed E-state index contributed by atoms with van der Waals surface area (Å²) in [6, 6.07) is 20.1. The van der Waals surface area contributed by atoms with Crippen LogP contribution in [0.1, 0.15) is 49.3 Å². The van der Waals surface area contributed by atoms with Gasteiger partial charge in [-0.05, 0) is 55.2 Å². The van der Waals surface area contributed by atoms with Crippen LogP contribution in [-0.2, 0) is 4.79 Å². The van der Waals surface area contributed by atoms with Crippen LogP contribution in [0.2, 0.25) is 5.02 Å². The predicted molar refractivity (Wildman–Crippen MR) is 160 cm³/mol. The quantitative estimate of drug-likeness (QED) is 0.312. The van der Waals surface area contributed by atoms with Crippen LogP contribution in [0, 0.1) is 17.7 Å². The molecule has 0 saturated heterocycles. The Morgan fingerprint density at radius 1 is 1.02 bits per heavy atom. The summed E-state index contributed by atoms with van der Waals surface area (Å²) in [5.41, 5.74) is 4.14. The van der Waals surface area contributed by atoms with Crippen molar-refractivity contribution in [2.75, 3.05) is 19.1 Å². The van der Waals surface area contributed by atoms with Crippen LogP contribution in [0.25, 0.3) is 5.76 Å². The molecule has 2 N–H and O–H groups in total. The predicted octanol–water partition coefficient (Wildman–Crippen LogP) is 7.86. The normalized spacial score (nSPS) is 19.9. The van der Waals surface area contributed by atoms with E-state index in [4.69, 9.17) is 21.1 Å². The van der Waals surface area contributed by atoms with Crippen molar-refractivity contribution in [1.82, 2.24) is 0 Å². The molecule has 1 heterocycles. The number of nitrogens with one attached hydrogen (secondary N) is 1. The molecule has 3 aromatic rings. The number of ketones is 1. The van der Waals surface area contributed by atoms with Gasteiger partial charge in [0, 0.05) is 45.1 Å². The average molecular weight is 557 g/mol. The second kappa shape index (κ2) is 10.5. The molecule has 0 fully saturated rings. The summed E-state index contributed by atoms with van der Waals surface area (Å²) in [4.78, 5) is 15.9. The van der Waals surface area contributed by atoms with Gasteiger partial charge in [-0.2, -0.15) is 0 Å². The fraction of sp³-hybridized carbons (Fsp3) is 0.273. The highest BCUT2D eigenvalue weighted by molar-refractivity contribution is 6.31. The molecular weight excluding hydrogens is 524 g/mol. The number of halogens is 1. The third kappa shape index (κ3) is 4.88. The van der Waals surface area contributed by atoms with E-state index in [9.17, 15) is 15.3 Å². The van der Waals surface area contributed by atoms with E-state index in [-0.39, 0.29) is 22.8 Å². The summed E-state index contributed by atoms with van der Waals surface area (Å²) in [6.07, 6.45) is 0.897. The Balaban J connectivity index is 1.90. The minimum atomic E-state index is -0.757. The van der Waals surface area contributed by atoms with Crippen LogP contribution >= 0.6 is 11.6 Å². The van der Waals surface area contributed by atoms with Crippen molar-refractivity contribution in [2.24, 2.45) is 5.41 Å². The number of aryl methyl sites for hydroxylation is 1. The van der Waals surface area contributed by atoms with E-state index in [2.05, 4.69) is 13.8 Å². The number of carbonyl (C=O) groups is 1. The van der Waals surface area contributed by atoms with E-state index in [0.29, 0.717) is 57.3 Å². The molecule has 40 heavy (non-hydrogen) atoms. The number of hydrogen-bond donors (Lipinski definition) is 2. The molecule has 6 nitrogen and oxygen atoms in total. The largest absolute Gasteiger partial charge is 0.507 e. The molecule has 1 aliphatic carbocycles. The molecule has 1 aliphatic heterocycles. The summed E-state index contributed by atoms with van der Waals surface area (Å²) < 4.78 is 11.3. The Labute approximate surface area is 240 Å². The lowest BCUT2D eigenvalue weighted by Crippen LogP contribution is -2.45. The van der Waals surface area contributed by atoms with E-state index in [1.54, 1.807) is 43.4 Å². The number of amidine groups is 1. The highest BCUT2D eigenvalue weighted by Crippen LogP contribution is 2.53. The molecular formula is C33H33ClN2O4. The van der Waals surface area contributed by atoms with Crippen LogP contribution in [-0.4, -0.2) is 30.9 Å². The van der Waals surface area contributed by atoms with E-state index >= 15 is 0 Å². The number of allylic oxidation sites excluding steroid dienone is 2. The minimum absolute atomic E-state index is 0.0325. The SMILES string of the molecule is COc1ccc(OC)c(C2C3=C(CC(C)(C)CC3=O)N(c3cccc(Cl)c3)C(=N)/C2=C(/O)c2ccc(C)cc2)c1. The number of carbonyl (C=O) groups excluding carboxylic acids is 1. The monoisotopic (exact) mass is 556 g/mol. The van der Waals surface area contributed by atoms with Gasteiger partial charge in [0.1, 0.15) is 23.1 Å². The number of aliphatic hydroxyl groups excluding tert-OH is 1. The first-order chi connectivity index (χ1) is 19.0. The highest BCUT2D eigenvalue weighted by atomic mass is 35.5. The van der Waals surface area contributed by atoms with Crippen LogP contribution in [0.4, 0.5) is 5.69 Å². The Morgan fingerprint density at radius 3 is 2.40 bits per heavy atom. The van der Waals surface area contributed by atoms with Gasteiger partial charge in [-0.1, -0.05) is 61.3 Å². The van der Waals surface area contributed by atoms with Gasteiger partial charge < -0.3 is 14.6 Å². The molecule has 2 aliphatic rings. The van der Waals surface area contributed by atoms with Gasteiger partial charge in [-0.15, -0.1) is 0 Å². The molecule has 3 aromatic carbocycles. The Hall–Kier alpha value is -4.03. The fourth-order valence-corrected chi connectivity index (χ4v) is 5.94. The highest BCUT2D eigenvalue weighted by Gasteiger charge is 2.47. The van der Waals surface area contributed by atoms with Crippen molar-refractivity contribution >= 4 is 34.7 Å². The molecule has 1 unspecified atom stereocenters. The lowest BCUT2D eigenvalue weighted by Gasteiger charge is -2.45. The molecule has 0 bridgehead atoms. The smallest absolute Gasteiger partial charge is 0.162 e. The van der Waals surface area contributed by atoms with Crippen molar-refractivity contribution in [3.63, 3.8) is 0 Å². The van der Waals surface area contributed by atoms with Crippen LogP contribution < -0.4 is 14.4 Å². The van der Waals surface area contributed by atoms with E-state index in [1.807, 2.05) is 49.4 Å². The first-order valence-electron chi connectivity index (χ1n) is 13.2. The van der Waals surface area contributed by atoms with E-state index < -0.39 is 5.92 Å². The lowest BCUT2D eigenvalue weighted by molar-refractivity contribution is -0.118. The van der Waals surface area contributed by atoms with Gasteiger partial charge in [-0.25, -0.2) is 0 Å². The maximum atomic E-state index is 14.1. The topological polar surface area (TPSA) is 82.9 Å². The number of benzene rings is 3. The number of nitrogens with zero attached hydrogens (tertiary/aromatic N) is 1. The summed E-state index contributed by atoms with van der Waals surface area (Å²) >= 11 is 6.41. The molecule has 1 atom stereocenters. The maximum absolute atomic E-state index is 14.1. The number of rotatable bonds is 5. The van der Waals surface area contributed by atoms with Gasteiger partial charge >= 0.3 is 0 Å². The Kier molecular flexibility index (Phi) is 7.23. The summed E-state index contributed by atoms with van der Waals surface area (Å²) in [5.74, 6) is 0.325. The third-order valence-corrected chi connectivity index (χ3v) is 7.85. The first kappa shape index (κ1) is 27.5. The van der Waals surface area contributed by atoms with Crippen LogP contribution in [0.15, 0.2) is 83.6 Å². The maximum Gasteiger partial charge on any atom is 0.162 e. The molecule has 0 radical (unpaired) electrons. The van der Waals surface area contributed by atoms with Gasteiger partial charge in [0.05, 0.1) is 20.1 Å². The van der Waals surface area contributed by atoms with Crippen molar-refractivity contribution in [1.29, 1.82) is 5.41 Å². The first-order valence-corrected chi connectivity index (χ1v) is 13.6. The van der Waals surface area contributed by atoms with E-state index in [0.717, 1.165) is 11.3 Å². The molecule has 206 valence electrons. The van der Waals surface area contributed by atoms with Crippen LogP contribution in [0.5, 0.6) is 11.5 Å². The van der Waals surface area contributed by atoms with Gasteiger partial charge in [0.25, 0.3) is 0 Å². The summed E-state index contributed by atoms with van der Waals surface area (Å²) in [5, 5.41) is 22.0. The zero-order valence-electron chi connectivity index (χ0n) is 23.3. The second-order valence-electron chi connectivity index (χ2n) is 11.1. The van der Waals surface area contributed by atoms with Crippen molar-refractivity contribution < 1.29 is 19.4 Å². The second-order valence-corrected chi connectivity index (χ2v) is 11.6. The standard InChI is InChI=1S/C33H33ClN2O4/c1-19-9-11-20(12-10-19)31(38)30-28(24-16-23(39-4)13-14-27(24)40-5)29-25(17-33(2,3)18-26(29)37)36(32(30)35)22-8-6-7-21(34)15-22/h6-16,28,35,38H,17-18H2,1-5H3/b31-30+,35-32?. The summed E-state index contributed by atoms with van der Waals surface area (Å²) in [6.45, 7) is 6.09. The number of aliphatic hydroxyl groups is 1. The number of methoxy groups -OCH3 is 2. The van der Waals surface area contributed by atoms with Gasteiger partial charge in [0.15, 0.2) is 5.78 Å². The number of anilines is 1. The summed E-state index contributed by atoms with van der Waals surface area (Å²) in [7, 11) is 3.15. The van der Waals surface area contributed by atoms with Crippen molar-refractivity contribution in [2.45, 2.75) is 39.5 Å². The molecule has 0 aromatic heterocycles. The number of ether oxygens (including phenoxy) is 2. The van der Waals surface area contributed by atoms with Crippen LogP contribution in [0.3, 0.4) is 0 Å². The fourth-order valence-electron chi connectivity index (χ4n) is 5.76. The molecule has 5 rings (SSSR count). The molecule has 0 amide bonds. The van der Waals surface area contributed by atoms with Gasteiger partial charge in [0.2, 0.25) is 0 Å². The lowest BCUT2D eigenvalue weighted by atomic mass is 9.67. The van der Waals surface area contributed by atoms with Crippen molar-refractivity contribution in [3.05, 3.63) is 105 Å². The Morgan fingerprint density at radius 2 is 1.75 bits per heavy atom. The molecule has 0 saturated carbocycles. The number of Topliss-reactive ketones (excluding diaryl/α,β-unsaturated/α-hetero) is 1. The van der Waals surface area contributed by atoms with Crippen molar-refractivity contribution in [3.8, 4) is 11.5 Å². The number of hydrogen-bond acceptors (Lipinski definition) is 5.